The van der Waals surface area contributed by atoms with Crippen molar-refractivity contribution in [3.8, 4) is 5.75 Å². The molecule has 1 aromatic rings. The molecular weight excluding hydrogens is 230 g/mol. The van der Waals surface area contributed by atoms with Crippen LogP contribution < -0.4 is 4.74 Å². The lowest BCUT2D eigenvalue weighted by Crippen LogP contribution is -2.26. The van der Waals surface area contributed by atoms with Gasteiger partial charge < -0.3 is 14.7 Å². The first-order valence-electron chi connectivity index (χ1n) is 6.25. The quantitative estimate of drug-likeness (QED) is 0.839. The fourth-order valence-corrected chi connectivity index (χ4v) is 1.97. The second-order valence-corrected chi connectivity index (χ2v) is 4.84. The van der Waals surface area contributed by atoms with Gasteiger partial charge in [0.2, 0.25) is 0 Å². The van der Waals surface area contributed by atoms with Crippen LogP contribution >= 0.6 is 0 Å². The number of benzene rings is 1. The number of rotatable bonds is 6. The van der Waals surface area contributed by atoms with Crippen LogP contribution in [0.4, 0.5) is 0 Å². The molecule has 1 aromatic carbocycles. The molecule has 0 aromatic heterocycles. The monoisotopic (exact) mass is 249 g/mol. The van der Waals surface area contributed by atoms with E-state index < -0.39 is 5.97 Å². The average molecular weight is 249 g/mol. The van der Waals surface area contributed by atoms with E-state index in [9.17, 15) is 4.79 Å². The van der Waals surface area contributed by atoms with Crippen molar-refractivity contribution in [2.24, 2.45) is 0 Å². The summed E-state index contributed by atoms with van der Waals surface area (Å²) in [5.74, 6) is -0.158. The molecule has 1 aliphatic rings. The molecule has 0 heterocycles. The maximum absolute atomic E-state index is 10.9. The van der Waals surface area contributed by atoms with Gasteiger partial charge in [0.15, 0.2) is 0 Å². The van der Waals surface area contributed by atoms with Gasteiger partial charge in [-0.3, -0.25) is 0 Å². The number of aromatic carboxylic acids is 1. The van der Waals surface area contributed by atoms with E-state index in [1.807, 2.05) is 0 Å². The number of nitrogens with zero attached hydrogens (tertiary/aromatic N) is 1. The van der Waals surface area contributed by atoms with Crippen molar-refractivity contribution in [2.45, 2.75) is 25.8 Å². The highest BCUT2D eigenvalue weighted by atomic mass is 16.5. The minimum atomic E-state index is -0.896. The van der Waals surface area contributed by atoms with E-state index in [0.29, 0.717) is 12.2 Å². The predicted octanol–water partition coefficient (Wildman–Crippen LogP) is 2.17. The molecule has 1 aliphatic carbocycles. The van der Waals surface area contributed by atoms with E-state index in [4.69, 9.17) is 9.84 Å². The zero-order chi connectivity index (χ0) is 13.1. The van der Waals surface area contributed by atoms with Crippen molar-refractivity contribution in [1.82, 2.24) is 4.90 Å². The number of carboxylic acid groups (broad SMARTS) is 1. The van der Waals surface area contributed by atoms with E-state index in [-0.39, 0.29) is 0 Å². The molecule has 2 rings (SSSR count). The Morgan fingerprint density at radius 3 is 2.78 bits per heavy atom. The lowest BCUT2D eigenvalue weighted by Gasteiger charge is -2.16. The fraction of sp³-hybridized carbons (Fsp3) is 0.500. The van der Waals surface area contributed by atoms with Gasteiger partial charge in [-0.2, -0.15) is 0 Å². The molecule has 0 spiro atoms. The molecule has 0 unspecified atom stereocenters. The molecule has 1 saturated carbocycles. The molecular formula is C14H19NO3. The number of carboxylic acids is 1. The molecule has 4 nitrogen and oxygen atoms in total. The highest BCUT2D eigenvalue weighted by Crippen LogP contribution is 2.25. The Morgan fingerprint density at radius 1 is 1.50 bits per heavy atom. The second kappa shape index (κ2) is 5.40. The Morgan fingerprint density at radius 2 is 2.22 bits per heavy atom. The molecule has 0 atom stereocenters. The molecule has 0 amide bonds. The summed E-state index contributed by atoms with van der Waals surface area (Å²) in [4.78, 5) is 13.2. The van der Waals surface area contributed by atoms with Crippen LogP contribution in [0.3, 0.4) is 0 Å². The lowest BCUT2D eigenvalue weighted by atomic mass is 10.1. The van der Waals surface area contributed by atoms with Crippen LogP contribution in [0.5, 0.6) is 5.75 Å². The summed E-state index contributed by atoms with van der Waals surface area (Å²) in [7, 11) is 2.11. The minimum Gasteiger partial charge on any atom is -0.492 e. The second-order valence-electron chi connectivity index (χ2n) is 4.84. The van der Waals surface area contributed by atoms with Gasteiger partial charge in [-0.1, -0.05) is 0 Å². The van der Waals surface area contributed by atoms with Gasteiger partial charge in [-0.15, -0.1) is 0 Å². The Bertz CT molecular complexity index is 441. The lowest BCUT2D eigenvalue weighted by molar-refractivity contribution is 0.0696. The summed E-state index contributed by atoms with van der Waals surface area (Å²) < 4.78 is 5.64. The van der Waals surface area contributed by atoms with Crippen LogP contribution in [-0.2, 0) is 0 Å². The molecule has 0 saturated heterocycles. The van der Waals surface area contributed by atoms with Crippen molar-refractivity contribution >= 4 is 5.97 Å². The van der Waals surface area contributed by atoms with Crippen molar-refractivity contribution in [2.75, 3.05) is 20.2 Å². The number of hydrogen-bond acceptors (Lipinski definition) is 3. The third-order valence-corrected chi connectivity index (χ3v) is 3.31. The van der Waals surface area contributed by atoms with Crippen LogP contribution in [0, 0.1) is 6.92 Å². The largest absolute Gasteiger partial charge is 0.492 e. The topological polar surface area (TPSA) is 49.8 Å². The van der Waals surface area contributed by atoms with Gasteiger partial charge in [0, 0.05) is 12.6 Å². The normalized spacial score (nSPS) is 14.8. The zero-order valence-electron chi connectivity index (χ0n) is 10.8. The van der Waals surface area contributed by atoms with Gasteiger partial charge in [-0.05, 0) is 50.6 Å². The van der Waals surface area contributed by atoms with Gasteiger partial charge >= 0.3 is 5.97 Å². The summed E-state index contributed by atoms with van der Waals surface area (Å²) in [6.07, 6.45) is 2.59. The van der Waals surface area contributed by atoms with Crippen LogP contribution in [0.25, 0.3) is 0 Å². The molecule has 0 bridgehead atoms. The third-order valence-electron chi connectivity index (χ3n) is 3.31. The minimum absolute atomic E-state index is 0.331. The zero-order valence-corrected chi connectivity index (χ0v) is 10.8. The van der Waals surface area contributed by atoms with Crippen LogP contribution in [0.2, 0.25) is 0 Å². The smallest absolute Gasteiger partial charge is 0.335 e. The van der Waals surface area contributed by atoms with Gasteiger partial charge in [0.1, 0.15) is 12.4 Å². The Hall–Kier alpha value is -1.55. The predicted molar refractivity (Wildman–Crippen MR) is 69.3 cm³/mol. The number of ether oxygens (including phenoxy) is 1. The summed E-state index contributed by atoms with van der Waals surface area (Å²) in [5.41, 5.74) is 1.06. The van der Waals surface area contributed by atoms with E-state index in [0.717, 1.165) is 23.9 Å². The number of aryl methyl sites for hydroxylation is 1. The van der Waals surface area contributed by atoms with E-state index in [2.05, 4.69) is 11.9 Å². The molecule has 4 heteroatoms. The molecule has 98 valence electrons. The number of likely N-dealkylation sites (N-methyl/N-ethyl adjacent to an activating group) is 1. The molecule has 1 fully saturated rings. The average Bonchev–Trinajstić information content (AvgIpc) is 3.12. The molecule has 18 heavy (non-hydrogen) atoms. The highest BCUT2D eigenvalue weighted by Gasteiger charge is 2.25. The number of carbonyl (C=O) groups is 1. The standard InChI is InChI=1S/C14H19NO3/c1-10-9-12(5-6-13(10)14(16)17)18-8-7-15(2)11-3-4-11/h5-6,9,11H,3-4,7-8H2,1-2H3,(H,16,17). The van der Waals surface area contributed by atoms with Crippen LogP contribution in [-0.4, -0.2) is 42.2 Å². The van der Waals surface area contributed by atoms with Crippen molar-refractivity contribution in [3.63, 3.8) is 0 Å². The van der Waals surface area contributed by atoms with Crippen molar-refractivity contribution < 1.29 is 14.6 Å². The molecule has 1 N–H and O–H groups in total. The maximum atomic E-state index is 10.9. The van der Waals surface area contributed by atoms with E-state index >= 15 is 0 Å². The highest BCUT2D eigenvalue weighted by molar-refractivity contribution is 5.89. The summed E-state index contributed by atoms with van der Waals surface area (Å²) in [6, 6.07) is 5.83. The molecule has 0 radical (unpaired) electrons. The maximum Gasteiger partial charge on any atom is 0.335 e. The summed E-state index contributed by atoms with van der Waals surface area (Å²) in [6.45, 7) is 3.33. The van der Waals surface area contributed by atoms with Crippen molar-refractivity contribution in [1.29, 1.82) is 0 Å². The first kappa shape index (κ1) is 12.9. The van der Waals surface area contributed by atoms with Gasteiger partial charge in [0.05, 0.1) is 5.56 Å². The van der Waals surface area contributed by atoms with Crippen LogP contribution in [0.15, 0.2) is 18.2 Å². The first-order chi connectivity index (χ1) is 8.58. The summed E-state index contributed by atoms with van der Waals surface area (Å²) >= 11 is 0. The van der Waals surface area contributed by atoms with E-state index in [1.54, 1.807) is 25.1 Å². The molecule has 0 aliphatic heterocycles. The number of hydrogen-bond donors (Lipinski definition) is 1. The first-order valence-corrected chi connectivity index (χ1v) is 6.25. The SMILES string of the molecule is Cc1cc(OCCN(C)C2CC2)ccc1C(=O)O. The fourth-order valence-electron chi connectivity index (χ4n) is 1.97. The Balaban J connectivity index is 1.85. The van der Waals surface area contributed by atoms with E-state index in [1.165, 1.54) is 12.8 Å². The van der Waals surface area contributed by atoms with Gasteiger partial charge in [0.25, 0.3) is 0 Å². The third kappa shape index (κ3) is 3.23. The Kier molecular flexibility index (Phi) is 3.87. The van der Waals surface area contributed by atoms with Crippen LogP contribution in [0.1, 0.15) is 28.8 Å². The summed E-state index contributed by atoms with van der Waals surface area (Å²) in [5, 5.41) is 8.93. The Labute approximate surface area is 107 Å². The van der Waals surface area contributed by atoms with Gasteiger partial charge in [-0.25, -0.2) is 4.79 Å². The van der Waals surface area contributed by atoms with Crippen molar-refractivity contribution in [3.05, 3.63) is 29.3 Å².